The number of anilines is 1. The van der Waals surface area contributed by atoms with Gasteiger partial charge in [-0.2, -0.15) is 0 Å². The average molecular weight is 322 g/mol. The van der Waals surface area contributed by atoms with Crippen LogP contribution >= 0.6 is 0 Å². The van der Waals surface area contributed by atoms with Gasteiger partial charge in [-0.15, -0.1) is 0 Å². The number of amides is 2. The van der Waals surface area contributed by atoms with Crippen molar-refractivity contribution in [1.29, 1.82) is 0 Å². The first-order valence-electron chi connectivity index (χ1n) is 7.00. The number of nitrogens with one attached hydrogen (secondary N) is 2. The zero-order valence-electron chi connectivity index (χ0n) is 13.0. The van der Waals surface area contributed by atoms with Crippen LogP contribution in [0.3, 0.4) is 0 Å². The second-order valence-corrected chi connectivity index (χ2v) is 4.72. The van der Waals surface area contributed by atoms with Gasteiger partial charge in [-0.05, 0) is 12.1 Å². The number of ether oxygens (including phenoxy) is 2. The van der Waals surface area contributed by atoms with E-state index in [2.05, 4.69) is 15.6 Å². The zero-order valence-corrected chi connectivity index (χ0v) is 13.0. The topological polar surface area (TPSA) is 77.4 Å². The molecule has 0 bridgehead atoms. The first-order valence-corrected chi connectivity index (χ1v) is 7.00. The Morgan fingerprint density at radius 2 is 2.22 bits per heavy atom. The predicted molar refractivity (Wildman–Crippen MR) is 82.9 cm³/mol. The number of carbonyl (C=O) groups excluding carboxylic acids is 1. The van der Waals surface area contributed by atoms with Gasteiger partial charge >= 0.3 is 6.03 Å². The molecule has 1 heterocycles. The molecule has 2 rings (SSSR count). The van der Waals surface area contributed by atoms with E-state index in [9.17, 15) is 9.18 Å². The molecule has 0 aliphatic carbocycles. The second-order valence-electron chi connectivity index (χ2n) is 4.72. The number of hydrogen-bond donors (Lipinski definition) is 2. The van der Waals surface area contributed by atoms with Crippen molar-refractivity contribution in [1.82, 2.24) is 14.9 Å². The van der Waals surface area contributed by atoms with Gasteiger partial charge in [0.2, 0.25) is 0 Å². The summed E-state index contributed by atoms with van der Waals surface area (Å²) in [6, 6.07) is 3.71. The van der Waals surface area contributed by atoms with E-state index in [1.54, 1.807) is 25.7 Å². The predicted octanol–water partition coefficient (Wildman–Crippen LogP) is 2.00. The van der Waals surface area contributed by atoms with Crippen LogP contribution in [0.2, 0.25) is 0 Å². The summed E-state index contributed by atoms with van der Waals surface area (Å²) in [4.78, 5) is 15.9. The van der Waals surface area contributed by atoms with Crippen LogP contribution in [0.25, 0.3) is 0 Å². The molecule has 0 saturated heterocycles. The summed E-state index contributed by atoms with van der Waals surface area (Å²) >= 11 is 0. The number of methoxy groups -OCH3 is 2. The number of rotatable bonds is 7. The number of benzene rings is 1. The van der Waals surface area contributed by atoms with E-state index in [0.717, 1.165) is 5.69 Å². The fourth-order valence-electron chi connectivity index (χ4n) is 1.95. The third-order valence-corrected chi connectivity index (χ3v) is 3.19. The van der Waals surface area contributed by atoms with E-state index in [0.29, 0.717) is 18.9 Å². The van der Waals surface area contributed by atoms with Gasteiger partial charge in [0.15, 0.2) is 0 Å². The minimum atomic E-state index is -0.565. The standard InChI is InChI=1S/C15H19FN4O3/c1-22-6-5-20-10-17-8-11(20)9-18-15(21)19-14-4-3-12(23-2)7-13(14)16/h3-4,7-8,10H,5-6,9H2,1-2H3,(H2,18,19,21). The van der Waals surface area contributed by atoms with E-state index in [1.165, 1.54) is 19.2 Å². The van der Waals surface area contributed by atoms with Crippen LogP contribution in [0, 0.1) is 5.82 Å². The summed E-state index contributed by atoms with van der Waals surface area (Å²) in [5.74, 6) is -0.180. The van der Waals surface area contributed by atoms with Crippen molar-refractivity contribution in [2.75, 3.05) is 26.1 Å². The Labute approximate surface area is 133 Å². The lowest BCUT2D eigenvalue weighted by Crippen LogP contribution is -2.29. The van der Waals surface area contributed by atoms with E-state index in [4.69, 9.17) is 9.47 Å². The molecule has 0 fully saturated rings. The van der Waals surface area contributed by atoms with Crippen molar-refractivity contribution in [2.24, 2.45) is 0 Å². The molecule has 124 valence electrons. The number of hydrogen-bond acceptors (Lipinski definition) is 4. The first kappa shape index (κ1) is 16.8. The summed E-state index contributed by atoms with van der Waals surface area (Å²) in [6.45, 7) is 1.46. The Morgan fingerprint density at radius 1 is 1.39 bits per heavy atom. The maximum atomic E-state index is 13.8. The van der Waals surface area contributed by atoms with Crippen molar-refractivity contribution in [3.05, 3.63) is 42.2 Å². The molecule has 2 aromatic rings. The van der Waals surface area contributed by atoms with Crippen LogP contribution < -0.4 is 15.4 Å². The number of imidazole rings is 1. The third kappa shape index (κ3) is 4.68. The van der Waals surface area contributed by atoms with Gasteiger partial charge in [0.05, 0.1) is 38.0 Å². The SMILES string of the molecule is COCCn1cncc1CNC(=O)Nc1ccc(OC)cc1F. The Balaban J connectivity index is 1.89. The van der Waals surface area contributed by atoms with Crippen molar-refractivity contribution in [2.45, 2.75) is 13.1 Å². The normalized spacial score (nSPS) is 10.4. The highest BCUT2D eigenvalue weighted by Gasteiger charge is 2.09. The van der Waals surface area contributed by atoms with Gasteiger partial charge in [0, 0.05) is 25.9 Å². The summed E-state index contributed by atoms with van der Waals surface area (Å²) in [5.41, 5.74) is 0.906. The maximum absolute atomic E-state index is 13.8. The fourth-order valence-corrected chi connectivity index (χ4v) is 1.95. The van der Waals surface area contributed by atoms with E-state index in [1.807, 2.05) is 4.57 Å². The van der Waals surface area contributed by atoms with Gasteiger partial charge in [-0.3, -0.25) is 0 Å². The summed E-state index contributed by atoms with van der Waals surface area (Å²) in [5, 5.41) is 5.11. The molecular formula is C15H19FN4O3. The number of nitrogens with zero attached hydrogens (tertiary/aromatic N) is 2. The quantitative estimate of drug-likeness (QED) is 0.817. The lowest BCUT2D eigenvalue weighted by Gasteiger charge is -2.11. The molecule has 7 nitrogen and oxygen atoms in total. The van der Waals surface area contributed by atoms with Crippen LogP contribution in [0.15, 0.2) is 30.7 Å². The summed E-state index contributed by atoms with van der Waals surface area (Å²) in [6.07, 6.45) is 3.32. The molecule has 0 unspecified atom stereocenters. The Kier molecular flexibility index (Phi) is 5.93. The highest BCUT2D eigenvalue weighted by atomic mass is 19.1. The molecule has 0 saturated carbocycles. The van der Waals surface area contributed by atoms with Gasteiger partial charge in [0.25, 0.3) is 0 Å². The van der Waals surface area contributed by atoms with Crippen molar-refractivity contribution in [3.63, 3.8) is 0 Å². The molecule has 0 radical (unpaired) electrons. The van der Waals surface area contributed by atoms with Crippen LogP contribution in [-0.2, 0) is 17.8 Å². The highest BCUT2D eigenvalue weighted by Crippen LogP contribution is 2.20. The Morgan fingerprint density at radius 3 is 2.91 bits per heavy atom. The maximum Gasteiger partial charge on any atom is 0.319 e. The molecule has 23 heavy (non-hydrogen) atoms. The number of urea groups is 1. The molecule has 2 amide bonds. The lowest BCUT2D eigenvalue weighted by molar-refractivity contribution is 0.186. The third-order valence-electron chi connectivity index (χ3n) is 3.19. The van der Waals surface area contributed by atoms with Gasteiger partial charge in [-0.25, -0.2) is 14.2 Å². The highest BCUT2D eigenvalue weighted by molar-refractivity contribution is 5.89. The summed E-state index contributed by atoms with van der Waals surface area (Å²) in [7, 11) is 3.06. The molecule has 0 aliphatic heterocycles. The van der Waals surface area contributed by atoms with Gasteiger partial charge in [-0.1, -0.05) is 0 Å². The zero-order chi connectivity index (χ0) is 16.7. The lowest BCUT2D eigenvalue weighted by atomic mass is 10.3. The van der Waals surface area contributed by atoms with Crippen molar-refractivity contribution in [3.8, 4) is 5.75 Å². The number of halogens is 1. The fraction of sp³-hybridized carbons (Fsp3) is 0.333. The van der Waals surface area contributed by atoms with Gasteiger partial charge < -0.3 is 24.7 Å². The molecule has 1 aromatic carbocycles. The number of aromatic nitrogens is 2. The number of carbonyl (C=O) groups is 1. The van der Waals surface area contributed by atoms with Gasteiger partial charge in [0.1, 0.15) is 11.6 Å². The average Bonchev–Trinajstić information content (AvgIpc) is 3.00. The van der Waals surface area contributed by atoms with E-state index >= 15 is 0 Å². The summed E-state index contributed by atoms with van der Waals surface area (Å²) < 4.78 is 25.6. The molecule has 0 spiro atoms. The molecule has 2 N–H and O–H groups in total. The van der Waals surface area contributed by atoms with Crippen molar-refractivity contribution < 1.29 is 18.7 Å². The molecule has 1 aromatic heterocycles. The minimum Gasteiger partial charge on any atom is -0.497 e. The van der Waals surface area contributed by atoms with Crippen LogP contribution in [0.1, 0.15) is 5.69 Å². The monoisotopic (exact) mass is 322 g/mol. The Bertz CT molecular complexity index is 660. The van der Waals surface area contributed by atoms with Crippen LogP contribution in [0.5, 0.6) is 5.75 Å². The first-order chi connectivity index (χ1) is 11.1. The van der Waals surface area contributed by atoms with Crippen LogP contribution in [0.4, 0.5) is 14.9 Å². The Hall–Kier alpha value is -2.61. The second kappa shape index (κ2) is 8.14. The van der Waals surface area contributed by atoms with Crippen LogP contribution in [-0.4, -0.2) is 36.4 Å². The molecule has 0 aliphatic rings. The van der Waals surface area contributed by atoms with E-state index in [-0.39, 0.29) is 12.2 Å². The minimum absolute atomic E-state index is 0.0798. The van der Waals surface area contributed by atoms with E-state index < -0.39 is 11.8 Å². The molecule has 0 atom stereocenters. The smallest absolute Gasteiger partial charge is 0.319 e. The molecular weight excluding hydrogens is 303 g/mol. The van der Waals surface area contributed by atoms with Crippen molar-refractivity contribution >= 4 is 11.7 Å². The molecule has 8 heteroatoms. The largest absolute Gasteiger partial charge is 0.497 e.